The van der Waals surface area contributed by atoms with E-state index in [0.29, 0.717) is 17.9 Å². The van der Waals surface area contributed by atoms with Crippen LogP contribution in [-0.2, 0) is 4.79 Å². The first-order valence-electron chi connectivity index (χ1n) is 6.59. The Hall–Kier alpha value is -0.570. The highest BCUT2D eigenvalue weighted by atomic mass is 16.2. The summed E-state index contributed by atoms with van der Waals surface area (Å²) in [6, 6.07) is 0.429. The molecule has 0 aromatic carbocycles. The molecule has 0 aliphatic carbocycles. The number of hydrogen-bond donors (Lipinski definition) is 1. The lowest BCUT2D eigenvalue weighted by Gasteiger charge is -2.36. The first-order valence-corrected chi connectivity index (χ1v) is 6.59. The zero-order valence-electron chi connectivity index (χ0n) is 11.0. The van der Waals surface area contributed by atoms with E-state index in [9.17, 15) is 4.79 Å². The monoisotopic (exact) mass is 226 g/mol. The van der Waals surface area contributed by atoms with Gasteiger partial charge >= 0.3 is 0 Å². The molecule has 1 heterocycles. The van der Waals surface area contributed by atoms with E-state index in [1.54, 1.807) is 0 Å². The highest BCUT2D eigenvalue weighted by Crippen LogP contribution is 2.18. The Morgan fingerprint density at radius 3 is 2.81 bits per heavy atom. The first kappa shape index (κ1) is 13.5. The average molecular weight is 226 g/mol. The Labute approximate surface area is 99.6 Å². The normalized spacial score (nSPS) is 21.5. The lowest BCUT2D eigenvalue weighted by atomic mass is 10.0. The van der Waals surface area contributed by atoms with Crippen molar-refractivity contribution in [3.05, 3.63) is 0 Å². The molecule has 0 radical (unpaired) electrons. The van der Waals surface area contributed by atoms with Gasteiger partial charge in [-0.05, 0) is 38.6 Å². The minimum absolute atomic E-state index is 0.355. The van der Waals surface area contributed by atoms with Crippen LogP contribution in [0.1, 0.15) is 46.0 Å². The summed E-state index contributed by atoms with van der Waals surface area (Å²) >= 11 is 0. The number of nitrogens with zero attached hydrogens (tertiary/aromatic N) is 1. The summed E-state index contributed by atoms with van der Waals surface area (Å²) in [5.74, 6) is 0.977. The lowest BCUT2D eigenvalue weighted by Crippen LogP contribution is -2.48. The summed E-state index contributed by atoms with van der Waals surface area (Å²) in [4.78, 5) is 14.2. The first-order chi connectivity index (χ1) is 7.65. The van der Waals surface area contributed by atoms with E-state index in [4.69, 9.17) is 0 Å². The molecule has 1 aliphatic rings. The molecule has 0 saturated carbocycles. The van der Waals surface area contributed by atoms with E-state index in [2.05, 4.69) is 24.1 Å². The molecule has 0 aromatic heterocycles. The van der Waals surface area contributed by atoms with Crippen LogP contribution in [0.5, 0.6) is 0 Å². The van der Waals surface area contributed by atoms with E-state index in [1.165, 1.54) is 12.8 Å². The maximum absolute atomic E-state index is 12.1. The van der Waals surface area contributed by atoms with Crippen LogP contribution in [0, 0.1) is 5.92 Å². The van der Waals surface area contributed by atoms with E-state index in [0.717, 1.165) is 32.4 Å². The number of hydrogen-bond acceptors (Lipinski definition) is 2. The fraction of sp³-hybridized carbons (Fsp3) is 0.923. The van der Waals surface area contributed by atoms with Gasteiger partial charge in [-0.2, -0.15) is 0 Å². The molecule has 1 N–H and O–H groups in total. The summed E-state index contributed by atoms with van der Waals surface area (Å²) in [5, 5.41) is 3.19. The van der Waals surface area contributed by atoms with Gasteiger partial charge in [0.2, 0.25) is 5.91 Å². The summed E-state index contributed by atoms with van der Waals surface area (Å²) in [6.45, 7) is 6.25. The molecule has 1 amide bonds. The zero-order valence-corrected chi connectivity index (χ0v) is 11.0. The van der Waals surface area contributed by atoms with Crippen molar-refractivity contribution in [2.24, 2.45) is 5.92 Å². The Morgan fingerprint density at radius 2 is 2.19 bits per heavy atom. The van der Waals surface area contributed by atoms with Gasteiger partial charge in [0, 0.05) is 25.6 Å². The van der Waals surface area contributed by atoms with Crippen LogP contribution in [0.4, 0.5) is 0 Å². The largest absolute Gasteiger partial charge is 0.338 e. The van der Waals surface area contributed by atoms with E-state index in [-0.39, 0.29) is 0 Å². The maximum atomic E-state index is 12.1. The van der Waals surface area contributed by atoms with Gasteiger partial charge in [0.05, 0.1) is 0 Å². The van der Waals surface area contributed by atoms with E-state index < -0.39 is 0 Å². The van der Waals surface area contributed by atoms with Gasteiger partial charge in [0.15, 0.2) is 0 Å². The van der Waals surface area contributed by atoms with Crippen LogP contribution in [0.25, 0.3) is 0 Å². The molecular formula is C13H26N2O. The van der Waals surface area contributed by atoms with E-state index >= 15 is 0 Å². The van der Waals surface area contributed by atoms with Crippen molar-refractivity contribution in [1.82, 2.24) is 10.2 Å². The SMILES string of the molecule is CNCC1CCCCN1C(=O)CCC(C)C. The Bertz CT molecular complexity index is 214. The predicted molar refractivity (Wildman–Crippen MR) is 67.4 cm³/mol. The average Bonchev–Trinajstić information content (AvgIpc) is 2.27. The summed E-state index contributed by atoms with van der Waals surface area (Å²) < 4.78 is 0. The molecule has 3 nitrogen and oxygen atoms in total. The summed E-state index contributed by atoms with van der Waals surface area (Å²) in [7, 11) is 1.96. The number of carbonyl (C=O) groups is 1. The van der Waals surface area contributed by atoms with Crippen LogP contribution in [0.3, 0.4) is 0 Å². The third kappa shape index (κ3) is 4.12. The third-order valence-electron chi connectivity index (χ3n) is 3.32. The van der Waals surface area contributed by atoms with Crippen molar-refractivity contribution in [2.75, 3.05) is 20.1 Å². The van der Waals surface area contributed by atoms with Crippen molar-refractivity contribution in [1.29, 1.82) is 0 Å². The van der Waals surface area contributed by atoms with E-state index in [1.807, 2.05) is 7.05 Å². The van der Waals surface area contributed by atoms with Crippen LogP contribution < -0.4 is 5.32 Å². The number of likely N-dealkylation sites (N-methyl/N-ethyl adjacent to an activating group) is 1. The maximum Gasteiger partial charge on any atom is 0.222 e. The molecule has 1 aliphatic heterocycles. The van der Waals surface area contributed by atoms with Crippen molar-refractivity contribution < 1.29 is 4.79 Å². The molecule has 0 spiro atoms. The van der Waals surface area contributed by atoms with Crippen molar-refractivity contribution in [3.8, 4) is 0 Å². The zero-order chi connectivity index (χ0) is 12.0. The smallest absolute Gasteiger partial charge is 0.222 e. The molecule has 1 rings (SSSR count). The minimum atomic E-state index is 0.355. The molecule has 0 bridgehead atoms. The molecule has 1 saturated heterocycles. The van der Waals surface area contributed by atoms with Crippen molar-refractivity contribution in [3.63, 3.8) is 0 Å². The van der Waals surface area contributed by atoms with Gasteiger partial charge in [-0.1, -0.05) is 13.8 Å². The molecule has 3 heteroatoms. The predicted octanol–water partition coefficient (Wildman–Crippen LogP) is 2.02. The summed E-state index contributed by atoms with van der Waals surface area (Å²) in [5.41, 5.74) is 0. The lowest BCUT2D eigenvalue weighted by molar-refractivity contribution is -0.135. The summed E-state index contributed by atoms with van der Waals surface area (Å²) in [6.07, 6.45) is 5.34. The number of rotatable bonds is 5. The molecular weight excluding hydrogens is 200 g/mol. The third-order valence-corrected chi connectivity index (χ3v) is 3.32. The highest BCUT2D eigenvalue weighted by molar-refractivity contribution is 5.76. The second-order valence-electron chi connectivity index (χ2n) is 5.23. The van der Waals surface area contributed by atoms with Crippen molar-refractivity contribution in [2.45, 2.75) is 52.0 Å². The number of likely N-dealkylation sites (tertiary alicyclic amines) is 1. The van der Waals surface area contributed by atoms with Crippen LogP contribution >= 0.6 is 0 Å². The van der Waals surface area contributed by atoms with Gasteiger partial charge in [0.25, 0.3) is 0 Å². The number of amides is 1. The van der Waals surface area contributed by atoms with Crippen molar-refractivity contribution >= 4 is 5.91 Å². The molecule has 16 heavy (non-hydrogen) atoms. The number of nitrogens with one attached hydrogen (secondary N) is 1. The number of carbonyl (C=O) groups excluding carboxylic acids is 1. The fourth-order valence-corrected chi connectivity index (χ4v) is 2.33. The second kappa shape index (κ2) is 6.89. The Kier molecular flexibility index (Phi) is 5.81. The van der Waals surface area contributed by atoms with Gasteiger partial charge < -0.3 is 10.2 Å². The number of piperidine rings is 1. The minimum Gasteiger partial charge on any atom is -0.338 e. The van der Waals surface area contributed by atoms with Crippen LogP contribution in [0.2, 0.25) is 0 Å². The van der Waals surface area contributed by atoms with Crippen LogP contribution in [0.15, 0.2) is 0 Å². The Balaban J connectivity index is 2.43. The van der Waals surface area contributed by atoms with Gasteiger partial charge in [-0.3, -0.25) is 4.79 Å². The Morgan fingerprint density at radius 1 is 1.44 bits per heavy atom. The second-order valence-corrected chi connectivity index (χ2v) is 5.23. The highest BCUT2D eigenvalue weighted by Gasteiger charge is 2.25. The quantitative estimate of drug-likeness (QED) is 0.778. The van der Waals surface area contributed by atoms with Gasteiger partial charge in [0.1, 0.15) is 0 Å². The topological polar surface area (TPSA) is 32.3 Å². The fourth-order valence-electron chi connectivity index (χ4n) is 2.33. The van der Waals surface area contributed by atoms with Gasteiger partial charge in [-0.25, -0.2) is 0 Å². The standard InChI is InChI=1S/C13H26N2O/c1-11(2)7-8-13(16)15-9-5-4-6-12(15)10-14-3/h11-12,14H,4-10H2,1-3H3. The molecule has 1 unspecified atom stereocenters. The molecule has 0 aromatic rings. The van der Waals surface area contributed by atoms with Gasteiger partial charge in [-0.15, -0.1) is 0 Å². The van der Waals surface area contributed by atoms with Crippen LogP contribution in [-0.4, -0.2) is 37.0 Å². The molecule has 1 fully saturated rings. The molecule has 94 valence electrons. The molecule has 1 atom stereocenters.